The molecular weight excluding hydrogens is 202 g/mol. The molecule has 2 rings (SSSR count). The van der Waals surface area contributed by atoms with Crippen molar-refractivity contribution in [3.05, 3.63) is 17.7 Å². The summed E-state index contributed by atoms with van der Waals surface area (Å²) >= 11 is 0. The average Bonchev–Trinajstić information content (AvgIpc) is 2.72. The van der Waals surface area contributed by atoms with Gasteiger partial charge in [0.05, 0.1) is 0 Å². The third kappa shape index (κ3) is 2.26. The molecule has 2 heterocycles. The number of hydrogen-bond donors (Lipinski definition) is 1. The average molecular weight is 221 g/mol. The Balaban J connectivity index is 2.09. The molecule has 1 aliphatic heterocycles. The van der Waals surface area contributed by atoms with E-state index in [1.807, 2.05) is 13.1 Å². The lowest BCUT2D eigenvalue weighted by Gasteiger charge is -2.11. The van der Waals surface area contributed by atoms with Crippen LogP contribution in [0, 0.1) is 0 Å². The Morgan fingerprint density at radius 1 is 1.62 bits per heavy atom. The zero-order chi connectivity index (χ0) is 11.5. The molecule has 1 amide bonds. The van der Waals surface area contributed by atoms with Crippen LogP contribution in [0.1, 0.15) is 49.4 Å². The van der Waals surface area contributed by atoms with E-state index < -0.39 is 0 Å². The van der Waals surface area contributed by atoms with Crippen molar-refractivity contribution in [3.8, 4) is 0 Å². The van der Waals surface area contributed by atoms with Crippen LogP contribution in [-0.4, -0.2) is 21.5 Å². The van der Waals surface area contributed by atoms with E-state index in [0.29, 0.717) is 5.69 Å². The van der Waals surface area contributed by atoms with Crippen LogP contribution in [0.15, 0.2) is 6.20 Å². The number of rotatable bonds is 3. The van der Waals surface area contributed by atoms with E-state index in [9.17, 15) is 4.79 Å². The molecule has 1 aliphatic rings. The molecule has 1 unspecified atom stereocenters. The summed E-state index contributed by atoms with van der Waals surface area (Å²) < 4.78 is 2.11. The monoisotopic (exact) mass is 221 g/mol. The molecule has 4 heteroatoms. The van der Waals surface area contributed by atoms with Crippen LogP contribution in [0.3, 0.4) is 0 Å². The standard InChI is InChI=1S/C12H19N3O/c1-3-9(2)13-12(16)10-8-15-7-5-4-6-11(15)14-10/h8-9H,3-7H2,1-2H3,(H,13,16). The predicted molar refractivity (Wildman–Crippen MR) is 62.4 cm³/mol. The molecule has 4 nitrogen and oxygen atoms in total. The number of nitrogens with one attached hydrogen (secondary N) is 1. The highest BCUT2D eigenvalue weighted by Crippen LogP contribution is 2.14. The van der Waals surface area contributed by atoms with Gasteiger partial charge in [-0.25, -0.2) is 4.98 Å². The van der Waals surface area contributed by atoms with E-state index in [1.165, 1.54) is 12.8 Å². The predicted octanol–water partition coefficient (Wildman–Crippen LogP) is 1.75. The Kier molecular flexibility index (Phi) is 3.27. The lowest BCUT2D eigenvalue weighted by molar-refractivity contribution is 0.0934. The van der Waals surface area contributed by atoms with Crippen molar-refractivity contribution < 1.29 is 4.79 Å². The molecule has 0 bridgehead atoms. The van der Waals surface area contributed by atoms with E-state index in [2.05, 4.69) is 21.8 Å². The molecule has 16 heavy (non-hydrogen) atoms. The van der Waals surface area contributed by atoms with Gasteiger partial charge in [0.2, 0.25) is 0 Å². The van der Waals surface area contributed by atoms with Gasteiger partial charge in [0, 0.05) is 25.2 Å². The minimum Gasteiger partial charge on any atom is -0.348 e. The van der Waals surface area contributed by atoms with Crippen LogP contribution in [0.2, 0.25) is 0 Å². The van der Waals surface area contributed by atoms with Crippen LogP contribution in [0.4, 0.5) is 0 Å². The van der Waals surface area contributed by atoms with Gasteiger partial charge >= 0.3 is 0 Å². The van der Waals surface area contributed by atoms with E-state index in [0.717, 1.165) is 25.2 Å². The molecule has 0 radical (unpaired) electrons. The lowest BCUT2D eigenvalue weighted by Crippen LogP contribution is -2.32. The normalized spacial score (nSPS) is 16.6. The van der Waals surface area contributed by atoms with Crippen LogP contribution < -0.4 is 5.32 Å². The Hall–Kier alpha value is -1.32. The molecule has 0 fully saturated rings. The SMILES string of the molecule is CCC(C)NC(=O)c1cn2c(n1)CCCC2. The summed E-state index contributed by atoms with van der Waals surface area (Å²) in [6.07, 6.45) is 6.20. The van der Waals surface area contributed by atoms with Crippen molar-refractivity contribution in [2.24, 2.45) is 0 Å². The first-order valence-corrected chi connectivity index (χ1v) is 6.07. The lowest BCUT2D eigenvalue weighted by atomic mass is 10.2. The van der Waals surface area contributed by atoms with Gasteiger partial charge in [-0.1, -0.05) is 6.92 Å². The van der Waals surface area contributed by atoms with Gasteiger partial charge in [-0.05, 0) is 26.2 Å². The molecule has 1 aromatic rings. The van der Waals surface area contributed by atoms with Gasteiger partial charge in [0.1, 0.15) is 11.5 Å². The van der Waals surface area contributed by atoms with Crippen molar-refractivity contribution in [2.75, 3.05) is 0 Å². The summed E-state index contributed by atoms with van der Waals surface area (Å²) in [5, 5.41) is 2.94. The van der Waals surface area contributed by atoms with Crippen LogP contribution in [-0.2, 0) is 13.0 Å². The van der Waals surface area contributed by atoms with Crippen molar-refractivity contribution in [2.45, 2.75) is 52.1 Å². The van der Waals surface area contributed by atoms with Gasteiger partial charge in [0.15, 0.2) is 0 Å². The second kappa shape index (κ2) is 4.68. The fraction of sp³-hybridized carbons (Fsp3) is 0.667. The van der Waals surface area contributed by atoms with Crippen LogP contribution in [0.25, 0.3) is 0 Å². The first-order valence-electron chi connectivity index (χ1n) is 6.07. The summed E-state index contributed by atoms with van der Waals surface area (Å²) in [5.74, 6) is 1.01. The minimum absolute atomic E-state index is 0.0451. The zero-order valence-electron chi connectivity index (χ0n) is 9.99. The van der Waals surface area contributed by atoms with Crippen LogP contribution in [0.5, 0.6) is 0 Å². The molecule has 88 valence electrons. The minimum atomic E-state index is -0.0451. The Morgan fingerprint density at radius 2 is 2.44 bits per heavy atom. The fourth-order valence-corrected chi connectivity index (χ4v) is 1.92. The van der Waals surface area contributed by atoms with Gasteiger partial charge in [0.25, 0.3) is 5.91 Å². The molecule has 0 saturated heterocycles. The third-order valence-electron chi connectivity index (χ3n) is 3.13. The number of nitrogens with zero attached hydrogens (tertiary/aromatic N) is 2. The molecule has 0 aliphatic carbocycles. The van der Waals surface area contributed by atoms with E-state index in [4.69, 9.17) is 0 Å². The number of amides is 1. The zero-order valence-corrected chi connectivity index (χ0v) is 9.99. The van der Waals surface area contributed by atoms with Crippen molar-refractivity contribution in [3.63, 3.8) is 0 Å². The Morgan fingerprint density at radius 3 is 3.12 bits per heavy atom. The van der Waals surface area contributed by atoms with Crippen LogP contribution >= 0.6 is 0 Å². The maximum atomic E-state index is 11.8. The molecule has 0 saturated carbocycles. The molecular formula is C12H19N3O. The smallest absolute Gasteiger partial charge is 0.271 e. The first-order chi connectivity index (χ1) is 7.70. The van der Waals surface area contributed by atoms with Gasteiger partial charge in [-0.3, -0.25) is 4.79 Å². The van der Waals surface area contributed by atoms with E-state index in [1.54, 1.807) is 0 Å². The first kappa shape index (κ1) is 11.2. The molecule has 0 aromatic carbocycles. The summed E-state index contributed by atoms with van der Waals surface area (Å²) in [6.45, 7) is 5.07. The number of carbonyl (C=O) groups is 1. The molecule has 0 spiro atoms. The van der Waals surface area contributed by atoms with E-state index in [-0.39, 0.29) is 11.9 Å². The van der Waals surface area contributed by atoms with Gasteiger partial charge < -0.3 is 9.88 Å². The summed E-state index contributed by atoms with van der Waals surface area (Å²) in [5.41, 5.74) is 0.567. The number of imidazole rings is 1. The highest BCUT2D eigenvalue weighted by atomic mass is 16.1. The van der Waals surface area contributed by atoms with Crippen molar-refractivity contribution in [1.82, 2.24) is 14.9 Å². The second-order valence-corrected chi connectivity index (χ2v) is 4.48. The topological polar surface area (TPSA) is 46.9 Å². The fourth-order valence-electron chi connectivity index (χ4n) is 1.92. The number of aromatic nitrogens is 2. The summed E-state index contributed by atoms with van der Waals surface area (Å²) in [6, 6.07) is 0.214. The molecule has 1 N–H and O–H groups in total. The van der Waals surface area contributed by atoms with Gasteiger partial charge in [-0.15, -0.1) is 0 Å². The Bertz CT molecular complexity index is 360. The molecule has 1 aromatic heterocycles. The number of carbonyl (C=O) groups excluding carboxylic acids is 1. The quantitative estimate of drug-likeness (QED) is 0.845. The second-order valence-electron chi connectivity index (χ2n) is 4.48. The van der Waals surface area contributed by atoms with Crippen molar-refractivity contribution >= 4 is 5.91 Å². The molecule has 1 atom stereocenters. The highest BCUT2D eigenvalue weighted by molar-refractivity contribution is 5.92. The number of fused-ring (bicyclic) bond motifs is 1. The number of aryl methyl sites for hydroxylation is 2. The largest absolute Gasteiger partial charge is 0.348 e. The van der Waals surface area contributed by atoms with Gasteiger partial charge in [-0.2, -0.15) is 0 Å². The summed E-state index contributed by atoms with van der Waals surface area (Å²) in [4.78, 5) is 16.2. The van der Waals surface area contributed by atoms with E-state index >= 15 is 0 Å². The number of hydrogen-bond acceptors (Lipinski definition) is 2. The Labute approximate surface area is 96.1 Å². The van der Waals surface area contributed by atoms with Crippen molar-refractivity contribution in [1.29, 1.82) is 0 Å². The third-order valence-corrected chi connectivity index (χ3v) is 3.13. The maximum absolute atomic E-state index is 11.8. The maximum Gasteiger partial charge on any atom is 0.271 e. The summed E-state index contributed by atoms with van der Waals surface area (Å²) in [7, 11) is 0. The highest BCUT2D eigenvalue weighted by Gasteiger charge is 2.17.